The largest absolute Gasteiger partial charge is 0.469 e. The molecule has 0 aromatic heterocycles. The molecule has 0 bridgehead atoms. The molecule has 0 aliphatic heterocycles. The summed E-state index contributed by atoms with van der Waals surface area (Å²) in [5.74, 6) is -2.01. The second-order valence-electron chi connectivity index (χ2n) is 2.73. The van der Waals surface area contributed by atoms with Crippen molar-refractivity contribution in [2.45, 2.75) is 19.4 Å². The highest BCUT2D eigenvalue weighted by Gasteiger charge is 2.29. The molecule has 0 aromatic rings. The van der Waals surface area contributed by atoms with Crippen LogP contribution >= 0.6 is 0 Å². The quantitative estimate of drug-likeness (QED) is 0.463. The number of carbonyl (C=O) groups is 2. The summed E-state index contributed by atoms with van der Waals surface area (Å²) in [6.07, 6.45) is -2.01. The summed E-state index contributed by atoms with van der Waals surface area (Å²) in [5.41, 5.74) is 0. The van der Waals surface area contributed by atoms with Crippen LogP contribution in [0.1, 0.15) is 13.3 Å². The van der Waals surface area contributed by atoms with E-state index in [4.69, 9.17) is 0 Å². The summed E-state index contributed by atoms with van der Waals surface area (Å²) >= 11 is 0. The van der Waals surface area contributed by atoms with E-state index < -0.39 is 34.6 Å². The zero-order valence-electron chi connectivity index (χ0n) is 9.26. The van der Waals surface area contributed by atoms with E-state index >= 15 is 0 Å². The van der Waals surface area contributed by atoms with Gasteiger partial charge in [0.1, 0.15) is 0 Å². The molecule has 0 aliphatic carbocycles. The van der Waals surface area contributed by atoms with Crippen molar-refractivity contribution >= 4 is 22.1 Å². The number of esters is 2. The summed E-state index contributed by atoms with van der Waals surface area (Å²) < 4.78 is 35.4. The smallest absolute Gasteiger partial charge is 0.337 e. The fourth-order valence-electron chi connectivity index (χ4n) is 0.768. The zero-order chi connectivity index (χ0) is 12.8. The highest BCUT2D eigenvalue weighted by molar-refractivity contribution is 7.86. The molecule has 7 nitrogen and oxygen atoms in total. The molecule has 1 atom stereocenters. The number of hydrogen-bond acceptors (Lipinski definition) is 7. The number of rotatable bonds is 6. The lowest BCUT2D eigenvalue weighted by molar-refractivity contribution is -0.155. The van der Waals surface area contributed by atoms with E-state index in [9.17, 15) is 18.0 Å². The summed E-state index contributed by atoms with van der Waals surface area (Å²) in [6.45, 7) is 1.35. The number of hydrogen-bond donors (Lipinski definition) is 0. The molecule has 0 heterocycles. The van der Waals surface area contributed by atoms with Crippen molar-refractivity contribution in [2.75, 3.05) is 20.0 Å². The van der Waals surface area contributed by atoms with Crippen molar-refractivity contribution in [1.82, 2.24) is 0 Å². The zero-order valence-corrected chi connectivity index (χ0v) is 10.1. The Bertz CT molecular complexity index is 345. The molecule has 0 aromatic carbocycles. The average molecular weight is 254 g/mol. The fraction of sp³-hybridized carbons (Fsp3) is 0.750. The van der Waals surface area contributed by atoms with Crippen LogP contribution in [0.2, 0.25) is 0 Å². The van der Waals surface area contributed by atoms with E-state index in [1.54, 1.807) is 0 Å². The van der Waals surface area contributed by atoms with Crippen LogP contribution in [0, 0.1) is 0 Å². The first-order chi connectivity index (χ1) is 7.36. The van der Waals surface area contributed by atoms with E-state index in [1.807, 2.05) is 0 Å². The summed E-state index contributed by atoms with van der Waals surface area (Å²) in [7, 11) is -1.66. The lowest BCUT2D eigenvalue weighted by Gasteiger charge is -2.13. The Hall–Kier alpha value is -1.15. The van der Waals surface area contributed by atoms with E-state index in [2.05, 4.69) is 13.7 Å². The van der Waals surface area contributed by atoms with Gasteiger partial charge in [-0.15, -0.1) is 0 Å². The van der Waals surface area contributed by atoms with Gasteiger partial charge in [0.2, 0.25) is 0 Å². The first-order valence-corrected chi connectivity index (χ1v) is 5.99. The number of ether oxygens (including phenoxy) is 2. The second-order valence-corrected chi connectivity index (χ2v) is 4.62. The molecule has 0 unspecified atom stereocenters. The van der Waals surface area contributed by atoms with Gasteiger partial charge >= 0.3 is 11.9 Å². The third kappa shape index (κ3) is 5.08. The van der Waals surface area contributed by atoms with Gasteiger partial charge in [0.25, 0.3) is 10.1 Å². The molecule has 8 heteroatoms. The summed E-state index contributed by atoms with van der Waals surface area (Å²) in [4.78, 5) is 22.0. The molecule has 0 radical (unpaired) electrons. The minimum Gasteiger partial charge on any atom is -0.469 e. The molecule has 0 aliphatic rings. The third-order valence-corrected chi connectivity index (χ3v) is 2.89. The van der Waals surface area contributed by atoms with E-state index in [-0.39, 0.29) is 5.75 Å². The molecule has 0 rings (SSSR count). The van der Waals surface area contributed by atoms with E-state index in [0.717, 1.165) is 14.2 Å². The first kappa shape index (κ1) is 14.8. The molecular formula is C8H14O7S. The minimum atomic E-state index is -3.84. The average Bonchev–Trinajstić information content (AvgIpc) is 2.26. The Labute approximate surface area is 93.8 Å². The maximum Gasteiger partial charge on any atom is 0.337 e. The Kier molecular flexibility index (Phi) is 5.97. The predicted octanol–water partition coefficient (Wildman–Crippen LogP) is -0.543. The van der Waals surface area contributed by atoms with Crippen LogP contribution < -0.4 is 0 Å². The molecule has 0 saturated heterocycles. The van der Waals surface area contributed by atoms with Crippen molar-refractivity contribution in [3.8, 4) is 0 Å². The van der Waals surface area contributed by atoms with Crippen LogP contribution in [0.3, 0.4) is 0 Å². The van der Waals surface area contributed by atoms with Gasteiger partial charge < -0.3 is 9.47 Å². The molecule has 0 amide bonds. The van der Waals surface area contributed by atoms with Crippen LogP contribution in [0.5, 0.6) is 0 Å². The van der Waals surface area contributed by atoms with Crippen molar-refractivity contribution in [2.24, 2.45) is 0 Å². The third-order valence-electron chi connectivity index (χ3n) is 1.66. The Morgan fingerprint density at radius 3 is 2.12 bits per heavy atom. The van der Waals surface area contributed by atoms with Crippen LogP contribution in [0.25, 0.3) is 0 Å². The number of carbonyl (C=O) groups excluding carboxylic acids is 2. The molecule has 94 valence electrons. The second kappa shape index (κ2) is 6.44. The van der Waals surface area contributed by atoms with Crippen LogP contribution in [0.4, 0.5) is 0 Å². The van der Waals surface area contributed by atoms with Crippen LogP contribution in [-0.2, 0) is 33.4 Å². The van der Waals surface area contributed by atoms with Crippen molar-refractivity contribution < 1.29 is 31.7 Å². The normalized spacial score (nSPS) is 12.9. The van der Waals surface area contributed by atoms with Gasteiger partial charge in [0.15, 0.2) is 6.10 Å². The predicted molar refractivity (Wildman–Crippen MR) is 53.0 cm³/mol. The summed E-state index contributed by atoms with van der Waals surface area (Å²) in [5, 5.41) is 0. The van der Waals surface area contributed by atoms with Crippen LogP contribution in [0.15, 0.2) is 0 Å². The molecular weight excluding hydrogens is 240 g/mol. The molecule has 0 fully saturated rings. The van der Waals surface area contributed by atoms with Gasteiger partial charge in [-0.25, -0.2) is 4.79 Å². The van der Waals surface area contributed by atoms with Gasteiger partial charge in [-0.05, 0) is 6.92 Å². The van der Waals surface area contributed by atoms with E-state index in [1.165, 1.54) is 6.92 Å². The maximum absolute atomic E-state index is 11.1. The molecule has 0 spiro atoms. The molecule has 0 saturated carbocycles. The van der Waals surface area contributed by atoms with Gasteiger partial charge in [-0.1, -0.05) is 0 Å². The SMILES string of the molecule is CCS(=O)(=O)O[C@@H](CC(=O)OC)C(=O)OC. The van der Waals surface area contributed by atoms with Gasteiger partial charge in [-0.3, -0.25) is 8.98 Å². The maximum atomic E-state index is 11.1. The number of methoxy groups -OCH3 is 2. The fourth-order valence-corrected chi connectivity index (χ4v) is 1.40. The first-order valence-electron chi connectivity index (χ1n) is 4.41. The van der Waals surface area contributed by atoms with Gasteiger partial charge in [0.05, 0.1) is 26.4 Å². The molecule has 0 N–H and O–H groups in total. The lowest BCUT2D eigenvalue weighted by Crippen LogP contribution is -2.31. The molecule has 16 heavy (non-hydrogen) atoms. The highest BCUT2D eigenvalue weighted by atomic mass is 32.2. The topological polar surface area (TPSA) is 96.0 Å². The van der Waals surface area contributed by atoms with Crippen molar-refractivity contribution in [3.63, 3.8) is 0 Å². The van der Waals surface area contributed by atoms with Gasteiger partial charge in [0, 0.05) is 0 Å². The van der Waals surface area contributed by atoms with Crippen molar-refractivity contribution in [3.05, 3.63) is 0 Å². The summed E-state index contributed by atoms with van der Waals surface area (Å²) in [6, 6.07) is 0. The Balaban J connectivity index is 4.69. The Morgan fingerprint density at radius 2 is 1.75 bits per heavy atom. The monoisotopic (exact) mass is 254 g/mol. The minimum absolute atomic E-state index is 0.304. The highest BCUT2D eigenvalue weighted by Crippen LogP contribution is 2.07. The standard InChI is InChI=1S/C8H14O7S/c1-4-16(11,12)15-6(8(10)14-3)5-7(9)13-2/h6H,4-5H2,1-3H3/t6-/m0/s1. The lowest BCUT2D eigenvalue weighted by atomic mass is 10.2. The Morgan fingerprint density at radius 1 is 1.19 bits per heavy atom. The van der Waals surface area contributed by atoms with Crippen LogP contribution in [-0.4, -0.2) is 46.4 Å². The van der Waals surface area contributed by atoms with Gasteiger partial charge in [-0.2, -0.15) is 8.42 Å². The van der Waals surface area contributed by atoms with E-state index in [0.29, 0.717) is 0 Å². The van der Waals surface area contributed by atoms with Crippen molar-refractivity contribution in [1.29, 1.82) is 0 Å².